The number of rotatable bonds is 5. The van der Waals surface area contributed by atoms with Crippen molar-refractivity contribution < 1.29 is 4.74 Å². The quantitative estimate of drug-likeness (QED) is 0.762. The first-order valence-electron chi connectivity index (χ1n) is 8.38. The van der Waals surface area contributed by atoms with Crippen molar-refractivity contribution in [3.8, 4) is 0 Å². The van der Waals surface area contributed by atoms with E-state index < -0.39 is 0 Å². The second-order valence-electron chi connectivity index (χ2n) is 6.39. The molecule has 0 aromatic heterocycles. The SMILES string of the molecule is CC(NCC1CNNC1C)c1ccc(N2CCOCC2)cc1.Cl. The molecule has 23 heavy (non-hydrogen) atoms. The Morgan fingerprint density at radius 1 is 1.26 bits per heavy atom. The molecule has 6 heteroatoms. The molecule has 3 atom stereocenters. The van der Waals surface area contributed by atoms with Gasteiger partial charge in [-0.2, -0.15) is 0 Å². The van der Waals surface area contributed by atoms with Gasteiger partial charge in [-0.15, -0.1) is 12.4 Å². The van der Waals surface area contributed by atoms with Crippen LogP contribution in [0.4, 0.5) is 5.69 Å². The van der Waals surface area contributed by atoms with Crippen LogP contribution in [0.2, 0.25) is 0 Å². The van der Waals surface area contributed by atoms with Crippen LogP contribution in [0, 0.1) is 5.92 Å². The molecule has 2 aliphatic heterocycles. The molecule has 0 aliphatic carbocycles. The van der Waals surface area contributed by atoms with Gasteiger partial charge in [0.05, 0.1) is 13.2 Å². The van der Waals surface area contributed by atoms with Crippen molar-refractivity contribution in [2.45, 2.75) is 25.9 Å². The summed E-state index contributed by atoms with van der Waals surface area (Å²) in [7, 11) is 0. The van der Waals surface area contributed by atoms with Gasteiger partial charge in [-0.05, 0) is 31.5 Å². The highest BCUT2D eigenvalue weighted by Gasteiger charge is 2.22. The predicted octanol–water partition coefficient (Wildman–Crippen LogP) is 1.71. The van der Waals surface area contributed by atoms with Crippen molar-refractivity contribution in [1.82, 2.24) is 16.2 Å². The highest BCUT2D eigenvalue weighted by molar-refractivity contribution is 5.85. The molecule has 0 bridgehead atoms. The Bertz CT molecular complexity index is 464. The molecule has 3 unspecified atom stereocenters. The lowest BCUT2D eigenvalue weighted by Gasteiger charge is -2.29. The number of nitrogens with zero attached hydrogens (tertiary/aromatic N) is 1. The zero-order valence-corrected chi connectivity index (χ0v) is 14.9. The predicted molar refractivity (Wildman–Crippen MR) is 97.2 cm³/mol. The van der Waals surface area contributed by atoms with Crippen molar-refractivity contribution in [2.75, 3.05) is 44.3 Å². The van der Waals surface area contributed by atoms with Crippen LogP contribution in [0.5, 0.6) is 0 Å². The molecule has 0 radical (unpaired) electrons. The van der Waals surface area contributed by atoms with E-state index in [4.69, 9.17) is 4.74 Å². The number of halogens is 1. The Hall–Kier alpha value is -0.850. The monoisotopic (exact) mass is 340 g/mol. The number of nitrogens with one attached hydrogen (secondary N) is 3. The molecular formula is C17H29ClN4O. The summed E-state index contributed by atoms with van der Waals surface area (Å²) in [5, 5.41) is 3.66. The van der Waals surface area contributed by atoms with Crippen molar-refractivity contribution in [1.29, 1.82) is 0 Å². The van der Waals surface area contributed by atoms with Crippen molar-refractivity contribution >= 4 is 18.1 Å². The van der Waals surface area contributed by atoms with Crippen LogP contribution in [-0.4, -0.2) is 45.4 Å². The van der Waals surface area contributed by atoms with Gasteiger partial charge in [-0.3, -0.25) is 10.9 Å². The van der Waals surface area contributed by atoms with Gasteiger partial charge in [0.2, 0.25) is 0 Å². The van der Waals surface area contributed by atoms with E-state index in [1.807, 2.05) is 0 Å². The van der Waals surface area contributed by atoms with Crippen molar-refractivity contribution in [3.63, 3.8) is 0 Å². The average molecular weight is 341 g/mol. The van der Waals surface area contributed by atoms with Gasteiger partial charge < -0.3 is 15.0 Å². The second-order valence-corrected chi connectivity index (χ2v) is 6.39. The molecule has 0 amide bonds. The number of hydrazine groups is 1. The van der Waals surface area contributed by atoms with E-state index in [0.29, 0.717) is 18.0 Å². The summed E-state index contributed by atoms with van der Waals surface area (Å²) in [5.74, 6) is 0.648. The third-order valence-corrected chi connectivity index (χ3v) is 4.86. The first-order chi connectivity index (χ1) is 10.7. The van der Waals surface area contributed by atoms with Crippen LogP contribution in [0.15, 0.2) is 24.3 Å². The molecular weight excluding hydrogens is 312 g/mol. The fourth-order valence-electron chi connectivity index (χ4n) is 3.14. The number of hydrogen-bond donors (Lipinski definition) is 3. The number of hydrogen-bond acceptors (Lipinski definition) is 5. The first kappa shape index (κ1) is 18.5. The minimum absolute atomic E-state index is 0. The largest absolute Gasteiger partial charge is 0.378 e. The van der Waals surface area contributed by atoms with Gasteiger partial charge >= 0.3 is 0 Å². The van der Waals surface area contributed by atoms with Crippen LogP contribution in [0.1, 0.15) is 25.5 Å². The average Bonchev–Trinajstić information content (AvgIpc) is 2.99. The Labute approximate surface area is 145 Å². The summed E-state index contributed by atoms with van der Waals surface area (Å²) < 4.78 is 5.41. The van der Waals surface area contributed by atoms with Crippen molar-refractivity contribution in [3.05, 3.63) is 29.8 Å². The molecule has 1 aromatic carbocycles. The van der Waals surface area contributed by atoms with Gasteiger partial charge in [0.25, 0.3) is 0 Å². The minimum atomic E-state index is 0. The standard InChI is InChI=1S/C17H28N4O.ClH/c1-13(18-11-16-12-19-20-14(16)2)15-3-5-17(6-4-15)21-7-9-22-10-8-21;/h3-6,13-14,16,18-20H,7-12H2,1-2H3;1H. The van der Waals surface area contributed by atoms with E-state index in [-0.39, 0.29) is 12.4 Å². The second kappa shape index (κ2) is 8.85. The third kappa shape index (κ3) is 4.81. The van der Waals surface area contributed by atoms with Crippen LogP contribution >= 0.6 is 12.4 Å². The molecule has 3 rings (SSSR count). The van der Waals surface area contributed by atoms with Gasteiger partial charge in [0.1, 0.15) is 0 Å². The molecule has 2 fully saturated rings. The van der Waals surface area contributed by atoms with Crippen LogP contribution in [-0.2, 0) is 4.74 Å². The van der Waals surface area contributed by atoms with E-state index in [1.165, 1.54) is 11.3 Å². The highest BCUT2D eigenvalue weighted by Crippen LogP contribution is 2.20. The zero-order valence-electron chi connectivity index (χ0n) is 14.0. The number of anilines is 1. The maximum atomic E-state index is 5.41. The van der Waals surface area contributed by atoms with E-state index in [9.17, 15) is 0 Å². The summed E-state index contributed by atoms with van der Waals surface area (Å²) in [5.41, 5.74) is 9.15. The molecule has 3 N–H and O–H groups in total. The van der Waals surface area contributed by atoms with Crippen LogP contribution in [0.25, 0.3) is 0 Å². The summed E-state index contributed by atoms with van der Waals surface area (Å²) in [6.45, 7) is 10.2. The minimum Gasteiger partial charge on any atom is -0.378 e. The third-order valence-electron chi connectivity index (χ3n) is 4.86. The smallest absolute Gasteiger partial charge is 0.0642 e. The lowest BCUT2D eigenvalue weighted by atomic mass is 10.0. The van der Waals surface area contributed by atoms with Gasteiger partial charge in [-0.1, -0.05) is 12.1 Å². The molecule has 0 saturated carbocycles. The number of ether oxygens (including phenoxy) is 1. The summed E-state index contributed by atoms with van der Waals surface area (Å²) >= 11 is 0. The normalized spacial score (nSPS) is 25.9. The Morgan fingerprint density at radius 3 is 2.57 bits per heavy atom. The Balaban J connectivity index is 0.00000192. The topological polar surface area (TPSA) is 48.6 Å². The van der Waals surface area contributed by atoms with Gasteiger partial charge in [0, 0.05) is 49.9 Å². The molecule has 130 valence electrons. The van der Waals surface area contributed by atoms with Crippen LogP contribution in [0.3, 0.4) is 0 Å². The van der Waals surface area contributed by atoms with Gasteiger partial charge in [0.15, 0.2) is 0 Å². The lowest BCUT2D eigenvalue weighted by Crippen LogP contribution is -2.36. The maximum Gasteiger partial charge on any atom is 0.0642 e. The van der Waals surface area contributed by atoms with Crippen LogP contribution < -0.4 is 21.1 Å². The Morgan fingerprint density at radius 2 is 1.96 bits per heavy atom. The van der Waals surface area contributed by atoms with E-state index >= 15 is 0 Å². The van der Waals surface area contributed by atoms with E-state index in [2.05, 4.69) is 59.2 Å². The van der Waals surface area contributed by atoms with E-state index in [1.54, 1.807) is 0 Å². The fraction of sp³-hybridized carbons (Fsp3) is 0.647. The maximum absolute atomic E-state index is 5.41. The van der Waals surface area contributed by atoms with E-state index in [0.717, 1.165) is 39.4 Å². The number of morpholine rings is 1. The molecule has 2 aliphatic rings. The lowest BCUT2D eigenvalue weighted by molar-refractivity contribution is 0.122. The molecule has 1 aromatic rings. The summed E-state index contributed by atoms with van der Waals surface area (Å²) in [6, 6.07) is 9.88. The zero-order chi connectivity index (χ0) is 15.4. The molecule has 5 nitrogen and oxygen atoms in total. The summed E-state index contributed by atoms with van der Waals surface area (Å²) in [4.78, 5) is 2.39. The number of benzene rings is 1. The van der Waals surface area contributed by atoms with Crippen molar-refractivity contribution in [2.24, 2.45) is 5.92 Å². The fourth-order valence-corrected chi connectivity index (χ4v) is 3.14. The Kier molecular flexibility index (Phi) is 7.11. The molecule has 0 spiro atoms. The van der Waals surface area contributed by atoms with Gasteiger partial charge in [-0.25, -0.2) is 0 Å². The summed E-state index contributed by atoms with van der Waals surface area (Å²) in [6.07, 6.45) is 0. The highest BCUT2D eigenvalue weighted by atomic mass is 35.5. The molecule has 2 heterocycles. The first-order valence-corrected chi connectivity index (χ1v) is 8.38. The molecule has 2 saturated heterocycles.